The number of hydrogen-bond acceptors (Lipinski definition) is 1. The molecule has 0 radical (unpaired) electrons. The van der Waals surface area contributed by atoms with Gasteiger partial charge in [-0.1, -0.05) is 31.9 Å². The van der Waals surface area contributed by atoms with Gasteiger partial charge in [0.2, 0.25) is 5.91 Å². The highest BCUT2D eigenvalue weighted by molar-refractivity contribution is 9.10. The van der Waals surface area contributed by atoms with Gasteiger partial charge in [-0.05, 0) is 18.2 Å². The van der Waals surface area contributed by atoms with Crippen LogP contribution in [0.3, 0.4) is 0 Å². The number of halogens is 3. The minimum atomic E-state index is -0.317. The standard InChI is InChI=1S/C9H8Br2FNO/c10-4-9(14)13-5-6-3-7(11)1-2-8(6)12/h1-3H,4-5H2,(H,13,14). The molecule has 0 aliphatic heterocycles. The Labute approximate surface area is 98.1 Å². The average Bonchev–Trinajstić information content (AvgIpc) is 2.19. The Morgan fingerprint density at radius 2 is 2.21 bits per heavy atom. The number of alkyl halides is 1. The first kappa shape index (κ1) is 11.7. The fraction of sp³-hybridized carbons (Fsp3) is 0.222. The van der Waals surface area contributed by atoms with Crippen LogP contribution in [0.2, 0.25) is 0 Å². The summed E-state index contributed by atoms with van der Waals surface area (Å²) in [5, 5.41) is 2.79. The smallest absolute Gasteiger partial charge is 0.230 e. The van der Waals surface area contributed by atoms with Crippen LogP contribution in [0.25, 0.3) is 0 Å². The van der Waals surface area contributed by atoms with Crippen molar-refractivity contribution in [1.82, 2.24) is 5.32 Å². The van der Waals surface area contributed by atoms with Crippen molar-refractivity contribution in [2.75, 3.05) is 5.33 Å². The summed E-state index contributed by atoms with van der Waals surface area (Å²) < 4.78 is 13.9. The van der Waals surface area contributed by atoms with E-state index in [9.17, 15) is 9.18 Å². The molecule has 0 aromatic heterocycles. The Bertz CT molecular complexity index is 344. The molecular formula is C9H8Br2FNO. The monoisotopic (exact) mass is 323 g/mol. The van der Waals surface area contributed by atoms with Gasteiger partial charge in [0.1, 0.15) is 5.82 Å². The Morgan fingerprint density at radius 3 is 2.86 bits per heavy atom. The van der Waals surface area contributed by atoms with Gasteiger partial charge in [0.05, 0.1) is 5.33 Å². The van der Waals surface area contributed by atoms with E-state index in [0.717, 1.165) is 4.47 Å². The molecule has 0 spiro atoms. The van der Waals surface area contributed by atoms with E-state index >= 15 is 0 Å². The van der Waals surface area contributed by atoms with Crippen molar-refractivity contribution in [3.8, 4) is 0 Å². The summed E-state index contributed by atoms with van der Waals surface area (Å²) in [5.41, 5.74) is 0.466. The molecule has 0 fully saturated rings. The number of amides is 1. The summed E-state index contributed by atoms with van der Waals surface area (Å²) in [7, 11) is 0. The minimum Gasteiger partial charge on any atom is -0.351 e. The van der Waals surface area contributed by atoms with E-state index in [1.54, 1.807) is 12.1 Å². The van der Waals surface area contributed by atoms with Gasteiger partial charge in [-0.15, -0.1) is 0 Å². The zero-order valence-corrected chi connectivity index (χ0v) is 10.4. The first-order chi connectivity index (χ1) is 6.63. The average molecular weight is 325 g/mol. The van der Waals surface area contributed by atoms with Crippen LogP contribution in [0, 0.1) is 5.82 Å². The van der Waals surface area contributed by atoms with Crippen LogP contribution >= 0.6 is 31.9 Å². The summed E-state index contributed by atoms with van der Waals surface area (Å²) in [6, 6.07) is 4.62. The Kier molecular flexibility index (Phi) is 4.54. The van der Waals surface area contributed by atoms with E-state index < -0.39 is 0 Å². The van der Waals surface area contributed by atoms with Gasteiger partial charge in [0, 0.05) is 16.6 Å². The second-order valence-electron chi connectivity index (χ2n) is 2.65. The van der Waals surface area contributed by atoms with Crippen molar-refractivity contribution in [2.45, 2.75) is 6.54 Å². The first-order valence-electron chi connectivity index (χ1n) is 3.90. The molecule has 1 amide bonds. The second kappa shape index (κ2) is 5.46. The van der Waals surface area contributed by atoms with Crippen molar-refractivity contribution in [3.63, 3.8) is 0 Å². The molecule has 0 saturated carbocycles. The highest BCUT2D eigenvalue weighted by atomic mass is 79.9. The molecule has 76 valence electrons. The molecule has 0 aliphatic carbocycles. The van der Waals surface area contributed by atoms with Crippen molar-refractivity contribution in [1.29, 1.82) is 0 Å². The molecular weight excluding hydrogens is 317 g/mol. The van der Waals surface area contributed by atoms with Crippen molar-refractivity contribution in [2.24, 2.45) is 0 Å². The molecule has 0 bridgehead atoms. The topological polar surface area (TPSA) is 29.1 Å². The van der Waals surface area contributed by atoms with Gasteiger partial charge >= 0.3 is 0 Å². The van der Waals surface area contributed by atoms with Crippen LogP contribution in [0.4, 0.5) is 4.39 Å². The highest BCUT2D eigenvalue weighted by Gasteiger charge is 2.04. The number of nitrogens with one attached hydrogen (secondary N) is 1. The molecule has 0 atom stereocenters. The maximum Gasteiger partial charge on any atom is 0.230 e. The second-order valence-corrected chi connectivity index (χ2v) is 4.12. The molecule has 0 saturated heterocycles. The van der Waals surface area contributed by atoms with Crippen LogP contribution in [-0.4, -0.2) is 11.2 Å². The largest absolute Gasteiger partial charge is 0.351 e. The zero-order chi connectivity index (χ0) is 10.6. The van der Waals surface area contributed by atoms with Gasteiger partial charge in [0.25, 0.3) is 0 Å². The van der Waals surface area contributed by atoms with Gasteiger partial charge < -0.3 is 5.32 Å². The molecule has 14 heavy (non-hydrogen) atoms. The molecule has 1 N–H and O–H groups in total. The lowest BCUT2D eigenvalue weighted by Gasteiger charge is -2.04. The quantitative estimate of drug-likeness (QED) is 0.851. The van der Waals surface area contributed by atoms with Crippen molar-refractivity contribution >= 4 is 37.8 Å². The Morgan fingerprint density at radius 1 is 1.50 bits per heavy atom. The van der Waals surface area contributed by atoms with Gasteiger partial charge in [-0.3, -0.25) is 4.79 Å². The van der Waals surface area contributed by atoms with E-state index in [2.05, 4.69) is 37.2 Å². The van der Waals surface area contributed by atoms with E-state index in [0.29, 0.717) is 5.56 Å². The molecule has 5 heteroatoms. The summed E-state index contributed by atoms with van der Waals surface area (Å²) in [5.74, 6) is -0.479. The van der Waals surface area contributed by atoms with Crippen LogP contribution in [0.1, 0.15) is 5.56 Å². The normalized spacial score (nSPS) is 9.93. The maximum atomic E-state index is 13.1. The maximum absolute atomic E-state index is 13.1. The van der Waals surface area contributed by atoms with Crippen LogP contribution < -0.4 is 5.32 Å². The predicted octanol–water partition coefficient (Wildman–Crippen LogP) is 2.60. The highest BCUT2D eigenvalue weighted by Crippen LogP contribution is 2.15. The third kappa shape index (κ3) is 3.38. The van der Waals surface area contributed by atoms with E-state index in [4.69, 9.17) is 0 Å². The van der Waals surface area contributed by atoms with Crippen LogP contribution in [0.5, 0.6) is 0 Å². The van der Waals surface area contributed by atoms with Crippen molar-refractivity contribution in [3.05, 3.63) is 34.1 Å². The first-order valence-corrected chi connectivity index (χ1v) is 5.81. The third-order valence-corrected chi connectivity index (χ3v) is 2.61. The molecule has 0 aliphatic rings. The van der Waals surface area contributed by atoms with Crippen LogP contribution in [0.15, 0.2) is 22.7 Å². The van der Waals surface area contributed by atoms with Crippen molar-refractivity contribution < 1.29 is 9.18 Å². The molecule has 1 rings (SSSR count). The van der Waals surface area contributed by atoms with Crippen LogP contribution in [-0.2, 0) is 11.3 Å². The van der Waals surface area contributed by atoms with Gasteiger partial charge in [0.15, 0.2) is 0 Å². The van der Waals surface area contributed by atoms with E-state index in [-0.39, 0.29) is 23.6 Å². The Hall–Kier alpha value is -0.420. The summed E-state index contributed by atoms with van der Waals surface area (Å²) in [4.78, 5) is 10.9. The number of benzene rings is 1. The fourth-order valence-electron chi connectivity index (χ4n) is 0.920. The molecule has 0 heterocycles. The summed E-state index contributed by atoms with van der Waals surface area (Å²) >= 11 is 6.24. The lowest BCUT2D eigenvalue weighted by Crippen LogP contribution is -2.24. The number of carbonyl (C=O) groups is 1. The zero-order valence-electron chi connectivity index (χ0n) is 7.19. The number of rotatable bonds is 3. The molecule has 1 aromatic rings. The summed E-state index contributed by atoms with van der Waals surface area (Å²) in [6.07, 6.45) is 0. The Balaban J connectivity index is 2.66. The number of hydrogen-bond donors (Lipinski definition) is 1. The molecule has 0 unspecified atom stereocenters. The minimum absolute atomic E-state index is 0.163. The molecule has 1 aromatic carbocycles. The van der Waals surface area contributed by atoms with Gasteiger partial charge in [-0.2, -0.15) is 0 Å². The lowest BCUT2D eigenvalue weighted by atomic mass is 10.2. The molecule has 2 nitrogen and oxygen atoms in total. The fourth-order valence-corrected chi connectivity index (χ4v) is 1.53. The lowest BCUT2D eigenvalue weighted by molar-refractivity contribution is -0.118. The summed E-state index contributed by atoms with van der Waals surface area (Å²) in [6.45, 7) is 0.204. The van der Waals surface area contributed by atoms with Gasteiger partial charge in [-0.25, -0.2) is 4.39 Å². The predicted molar refractivity (Wildman–Crippen MR) is 59.7 cm³/mol. The number of carbonyl (C=O) groups excluding carboxylic acids is 1. The third-order valence-electron chi connectivity index (χ3n) is 1.61. The van der Waals surface area contributed by atoms with E-state index in [1.807, 2.05) is 0 Å². The SMILES string of the molecule is O=C(CBr)NCc1cc(Br)ccc1F. The van der Waals surface area contributed by atoms with E-state index in [1.165, 1.54) is 6.07 Å².